The molecule has 1 unspecified atom stereocenters. The lowest BCUT2D eigenvalue weighted by Gasteiger charge is -2.24. The standard InChI is InChI=1S/C22H37N3O3/c1-3-5-15-28-20-8-6-19(7-9-20)10-13-24-21(23-4-2)25-17-22(11-14-26)12-16-27-18-22/h6-9,26H,3-5,10-18H2,1-2H3,(H2,23,24,25). The summed E-state index contributed by atoms with van der Waals surface area (Å²) < 4.78 is 11.3. The highest BCUT2D eigenvalue weighted by molar-refractivity contribution is 5.79. The number of unbranched alkanes of at least 4 members (excludes halogenated alkanes) is 1. The zero-order valence-electron chi connectivity index (χ0n) is 17.5. The van der Waals surface area contributed by atoms with Gasteiger partial charge in [-0.25, -0.2) is 0 Å². The molecule has 1 aromatic carbocycles. The lowest BCUT2D eigenvalue weighted by atomic mass is 9.84. The van der Waals surface area contributed by atoms with Crippen LogP contribution in [0.5, 0.6) is 5.75 Å². The molecule has 0 aromatic heterocycles. The van der Waals surface area contributed by atoms with E-state index in [0.717, 1.165) is 70.1 Å². The molecule has 1 atom stereocenters. The van der Waals surface area contributed by atoms with Gasteiger partial charge in [-0.2, -0.15) is 0 Å². The fourth-order valence-corrected chi connectivity index (χ4v) is 3.29. The molecule has 0 radical (unpaired) electrons. The van der Waals surface area contributed by atoms with Crippen molar-refractivity contribution in [3.05, 3.63) is 29.8 Å². The van der Waals surface area contributed by atoms with Crippen molar-refractivity contribution < 1.29 is 14.6 Å². The third-order valence-corrected chi connectivity index (χ3v) is 5.14. The Morgan fingerprint density at radius 3 is 2.71 bits per heavy atom. The van der Waals surface area contributed by atoms with Crippen LogP contribution in [0.25, 0.3) is 0 Å². The molecule has 1 fully saturated rings. The van der Waals surface area contributed by atoms with Crippen LogP contribution in [-0.2, 0) is 11.2 Å². The van der Waals surface area contributed by atoms with Gasteiger partial charge in [0.05, 0.1) is 19.8 Å². The highest BCUT2D eigenvalue weighted by Gasteiger charge is 2.34. The zero-order valence-corrected chi connectivity index (χ0v) is 17.5. The fraction of sp³-hybridized carbons (Fsp3) is 0.682. The summed E-state index contributed by atoms with van der Waals surface area (Å²) >= 11 is 0. The van der Waals surface area contributed by atoms with E-state index >= 15 is 0 Å². The Morgan fingerprint density at radius 2 is 2.07 bits per heavy atom. The maximum Gasteiger partial charge on any atom is 0.191 e. The molecule has 6 nitrogen and oxygen atoms in total. The van der Waals surface area contributed by atoms with Gasteiger partial charge in [-0.05, 0) is 50.3 Å². The summed E-state index contributed by atoms with van der Waals surface area (Å²) in [6.45, 7) is 8.94. The van der Waals surface area contributed by atoms with Gasteiger partial charge >= 0.3 is 0 Å². The molecule has 1 saturated heterocycles. The lowest BCUT2D eigenvalue weighted by molar-refractivity contribution is 0.131. The van der Waals surface area contributed by atoms with E-state index in [0.29, 0.717) is 13.2 Å². The third kappa shape index (κ3) is 7.68. The van der Waals surface area contributed by atoms with Crippen LogP contribution in [0.15, 0.2) is 29.3 Å². The van der Waals surface area contributed by atoms with Crippen molar-refractivity contribution in [3.8, 4) is 5.75 Å². The average Bonchev–Trinajstić information content (AvgIpc) is 3.17. The molecular formula is C22H37N3O3. The number of hydrogen-bond donors (Lipinski definition) is 3. The molecule has 0 saturated carbocycles. The van der Waals surface area contributed by atoms with Crippen LogP contribution in [0.1, 0.15) is 45.1 Å². The summed E-state index contributed by atoms with van der Waals surface area (Å²) in [7, 11) is 0. The summed E-state index contributed by atoms with van der Waals surface area (Å²) in [5, 5.41) is 16.1. The van der Waals surface area contributed by atoms with Crippen molar-refractivity contribution in [3.63, 3.8) is 0 Å². The molecule has 0 bridgehead atoms. The van der Waals surface area contributed by atoms with Crippen LogP contribution in [0.3, 0.4) is 0 Å². The maximum atomic E-state index is 9.36. The molecule has 0 spiro atoms. The topological polar surface area (TPSA) is 75.1 Å². The molecule has 1 aliphatic rings. The minimum absolute atomic E-state index is 0.0231. The predicted molar refractivity (Wildman–Crippen MR) is 114 cm³/mol. The number of hydrogen-bond acceptors (Lipinski definition) is 4. The Balaban J connectivity index is 1.80. The van der Waals surface area contributed by atoms with Gasteiger partial charge in [-0.1, -0.05) is 25.5 Å². The van der Waals surface area contributed by atoms with Gasteiger partial charge in [-0.15, -0.1) is 0 Å². The Bertz CT molecular complexity index is 569. The maximum absolute atomic E-state index is 9.36. The van der Waals surface area contributed by atoms with Gasteiger partial charge in [0, 0.05) is 31.7 Å². The smallest absolute Gasteiger partial charge is 0.191 e. The quantitative estimate of drug-likeness (QED) is 0.290. The van der Waals surface area contributed by atoms with Crippen LogP contribution in [0.4, 0.5) is 0 Å². The minimum Gasteiger partial charge on any atom is -0.494 e. The van der Waals surface area contributed by atoms with E-state index < -0.39 is 0 Å². The van der Waals surface area contributed by atoms with E-state index in [1.54, 1.807) is 0 Å². The molecule has 6 heteroatoms. The number of aliphatic hydroxyl groups excluding tert-OH is 1. The van der Waals surface area contributed by atoms with Crippen LogP contribution < -0.4 is 15.4 Å². The minimum atomic E-state index is -0.0231. The van der Waals surface area contributed by atoms with Crippen molar-refractivity contribution >= 4 is 5.96 Å². The summed E-state index contributed by atoms with van der Waals surface area (Å²) in [5.74, 6) is 1.76. The Kier molecular flexibility index (Phi) is 10.1. The number of benzene rings is 1. The van der Waals surface area contributed by atoms with Crippen molar-refractivity contribution in [1.29, 1.82) is 0 Å². The Hall–Kier alpha value is -1.79. The fourth-order valence-electron chi connectivity index (χ4n) is 3.29. The highest BCUT2D eigenvalue weighted by atomic mass is 16.5. The third-order valence-electron chi connectivity index (χ3n) is 5.14. The van der Waals surface area contributed by atoms with Crippen LogP contribution in [0.2, 0.25) is 0 Å². The second kappa shape index (κ2) is 12.6. The zero-order chi connectivity index (χ0) is 20.1. The number of aliphatic imine (C=N–C) groups is 1. The molecule has 1 aromatic rings. The van der Waals surface area contributed by atoms with Crippen LogP contribution in [0, 0.1) is 5.41 Å². The summed E-state index contributed by atoms with van der Waals surface area (Å²) in [4.78, 5) is 4.76. The van der Waals surface area contributed by atoms with Crippen molar-refractivity contribution in [2.45, 2.75) is 46.0 Å². The van der Waals surface area contributed by atoms with Crippen LogP contribution >= 0.6 is 0 Å². The van der Waals surface area contributed by atoms with Gasteiger partial charge in [0.2, 0.25) is 0 Å². The van der Waals surface area contributed by atoms with E-state index in [2.05, 4.69) is 36.6 Å². The number of aliphatic hydroxyl groups is 1. The Labute approximate surface area is 169 Å². The molecule has 2 rings (SSSR count). The Morgan fingerprint density at radius 1 is 1.25 bits per heavy atom. The molecule has 0 aliphatic carbocycles. The predicted octanol–water partition coefficient (Wildman–Crippen LogP) is 2.75. The first kappa shape index (κ1) is 22.5. The molecular weight excluding hydrogens is 354 g/mol. The first-order valence-corrected chi connectivity index (χ1v) is 10.6. The monoisotopic (exact) mass is 391 g/mol. The number of ether oxygens (including phenoxy) is 2. The van der Waals surface area contributed by atoms with E-state index in [1.165, 1.54) is 5.56 Å². The molecule has 158 valence electrons. The van der Waals surface area contributed by atoms with Crippen molar-refractivity contribution in [2.75, 3.05) is 46.1 Å². The number of guanidine groups is 1. The SMILES string of the molecule is CCCCOc1ccc(CCNC(=NCC2(CCO)CCOC2)NCC)cc1. The number of rotatable bonds is 12. The molecule has 28 heavy (non-hydrogen) atoms. The first-order valence-electron chi connectivity index (χ1n) is 10.6. The normalized spacial score (nSPS) is 19.6. The second-order valence-electron chi connectivity index (χ2n) is 7.49. The highest BCUT2D eigenvalue weighted by Crippen LogP contribution is 2.32. The average molecular weight is 392 g/mol. The largest absolute Gasteiger partial charge is 0.494 e. The number of nitrogens with zero attached hydrogens (tertiary/aromatic N) is 1. The summed E-state index contributed by atoms with van der Waals surface area (Å²) in [6.07, 6.45) is 4.85. The van der Waals surface area contributed by atoms with E-state index in [4.69, 9.17) is 14.5 Å². The molecule has 3 N–H and O–H groups in total. The summed E-state index contributed by atoms with van der Waals surface area (Å²) in [6, 6.07) is 8.34. The molecule has 1 heterocycles. The molecule has 1 aliphatic heterocycles. The van der Waals surface area contributed by atoms with Gasteiger partial charge < -0.3 is 25.2 Å². The van der Waals surface area contributed by atoms with Crippen molar-refractivity contribution in [2.24, 2.45) is 10.4 Å². The van der Waals surface area contributed by atoms with E-state index in [-0.39, 0.29) is 12.0 Å². The van der Waals surface area contributed by atoms with E-state index in [9.17, 15) is 5.11 Å². The van der Waals surface area contributed by atoms with Crippen molar-refractivity contribution in [1.82, 2.24) is 10.6 Å². The summed E-state index contributed by atoms with van der Waals surface area (Å²) in [5.41, 5.74) is 1.25. The van der Waals surface area contributed by atoms with Gasteiger partial charge in [0.15, 0.2) is 5.96 Å². The van der Waals surface area contributed by atoms with E-state index in [1.807, 2.05) is 12.1 Å². The van der Waals surface area contributed by atoms with Gasteiger partial charge in [-0.3, -0.25) is 4.99 Å². The number of nitrogens with one attached hydrogen (secondary N) is 2. The second-order valence-corrected chi connectivity index (χ2v) is 7.49. The van der Waals surface area contributed by atoms with Crippen LogP contribution in [-0.4, -0.2) is 57.1 Å². The van der Waals surface area contributed by atoms with Gasteiger partial charge in [0.25, 0.3) is 0 Å². The first-order chi connectivity index (χ1) is 13.7. The lowest BCUT2D eigenvalue weighted by Crippen LogP contribution is -2.39. The molecule has 0 amide bonds. The van der Waals surface area contributed by atoms with Gasteiger partial charge in [0.1, 0.15) is 5.75 Å².